The monoisotopic (exact) mass is 437 g/mol. The van der Waals surface area contributed by atoms with Crippen LogP contribution < -0.4 is 21.7 Å². The van der Waals surface area contributed by atoms with Gasteiger partial charge in [0, 0.05) is 24.8 Å². The van der Waals surface area contributed by atoms with Crippen LogP contribution in [0, 0.1) is 5.82 Å². The summed E-state index contributed by atoms with van der Waals surface area (Å²) in [6, 6.07) is 6.60. The quantitative estimate of drug-likeness (QED) is 0.532. The molecule has 10 heteroatoms. The molecule has 1 amide bonds. The zero-order chi connectivity index (χ0) is 22.5. The maximum atomic E-state index is 14.6. The van der Waals surface area contributed by atoms with Gasteiger partial charge in [-0.2, -0.15) is 0 Å². The zero-order valence-corrected chi connectivity index (χ0v) is 17.4. The lowest BCUT2D eigenvalue weighted by Crippen LogP contribution is -2.36. The molecule has 1 aliphatic rings. The van der Waals surface area contributed by atoms with E-state index in [4.69, 9.17) is 16.2 Å². The molecule has 3 aromatic rings. The molecule has 3 heterocycles. The molecule has 0 unspecified atom stereocenters. The average Bonchev–Trinajstić information content (AvgIpc) is 2.81. The normalized spacial score (nSPS) is 13.8. The number of carbonyl (C=O) groups excluding carboxylic acids is 1. The van der Waals surface area contributed by atoms with Gasteiger partial charge in [0.05, 0.1) is 42.7 Å². The number of ether oxygens (including phenoxy) is 1. The summed E-state index contributed by atoms with van der Waals surface area (Å²) in [5, 5.41) is 2.81. The van der Waals surface area contributed by atoms with Crippen molar-refractivity contribution in [2.24, 2.45) is 5.73 Å². The van der Waals surface area contributed by atoms with Gasteiger partial charge in [-0.15, -0.1) is 0 Å². The Kier molecular flexibility index (Phi) is 6.52. The van der Waals surface area contributed by atoms with Crippen LogP contribution in [-0.4, -0.2) is 53.7 Å². The van der Waals surface area contributed by atoms with E-state index >= 15 is 0 Å². The number of amides is 1. The van der Waals surface area contributed by atoms with E-state index in [1.165, 1.54) is 12.3 Å². The van der Waals surface area contributed by atoms with Gasteiger partial charge in [0.15, 0.2) is 11.5 Å². The predicted octanol–water partition coefficient (Wildman–Crippen LogP) is 1.85. The highest BCUT2D eigenvalue weighted by molar-refractivity contribution is 6.07. The van der Waals surface area contributed by atoms with Crippen LogP contribution in [-0.2, 0) is 11.2 Å². The van der Waals surface area contributed by atoms with E-state index in [1.807, 2.05) is 6.07 Å². The summed E-state index contributed by atoms with van der Waals surface area (Å²) in [6.45, 7) is 3.02. The molecular weight excluding hydrogens is 413 g/mol. The molecule has 32 heavy (non-hydrogen) atoms. The summed E-state index contributed by atoms with van der Waals surface area (Å²) in [5.74, 6) is -1.08. The Balaban J connectivity index is 1.61. The van der Waals surface area contributed by atoms with Crippen molar-refractivity contribution in [3.05, 3.63) is 59.9 Å². The van der Waals surface area contributed by atoms with Crippen LogP contribution in [0.2, 0.25) is 0 Å². The molecule has 0 saturated carbocycles. The number of hydrogen-bond acceptors (Lipinski definition) is 8. The van der Waals surface area contributed by atoms with Crippen molar-refractivity contribution >= 4 is 23.1 Å². The van der Waals surface area contributed by atoms with Gasteiger partial charge in [-0.1, -0.05) is 6.07 Å². The van der Waals surface area contributed by atoms with Crippen molar-refractivity contribution in [3.8, 4) is 11.3 Å². The fourth-order valence-electron chi connectivity index (χ4n) is 3.53. The van der Waals surface area contributed by atoms with E-state index in [0.717, 1.165) is 11.3 Å². The van der Waals surface area contributed by atoms with Crippen molar-refractivity contribution in [2.45, 2.75) is 6.42 Å². The second kappa shape index (κ2) is 9.67. The van der Waals surface area contributed by atoms with E-state index in [2.05, 4.69) is 25.2 Å². The molecule has 2 aromatic heterocycles. The van der Waals surface area contributed by atoms with Crippen molar-refractivity contribution in [2.75, 3.05) is 48.8 Å². The molecule has 5 N–H and O–H groups in total. The average molecular weight is 437 g/mol. The number of hydrogen-bond donors (Lipinski definition) is 3. The Hall–Kier alpha value is -3.63. The number of morpholine rings is 1. The Morgan fingerprint density at radius 2 is 2.03 bits per heavy atom. The van der Waals surface area contributed by atoms with Crippen LogP contribution >= 0.6 is 0 Å². The zero-order valence-electron chi connectivity index (χ0n) is 17.4. The minimum atomic E-state index is -0.556. The standard InChI is InChI=1S/C22H24FN7O2/c23-16-11-14(3-5-24)1-2-15(16)17-13-27-21(25)20(28-17)22(31)29-18-12-26-6-4-19(18)30-7-9-32-10-8-30/h1-2,4,6,11-13H,3,5,7-10,24H2,(H2,25,27)(H,29,31). The Morgan fingerprint density at radius 1 is 1.22 bits per heavy atom. The van der Waals surface area contributed by atoms with Crippen LogP contribution in [0.15, 0.2) is 42.9 Å². The maximum absolute atomic E-state index is 14.6. The number of aromatic nitrogens is 3. The van der Waals surface area contributed by atoms with E-state index < -0.39 is 11.7 Å². The first kappa shape index (κ1) is 21.6. The lowest BCUT2D eigenvalue weighted by atomic mass is 10.1. The van der Waals surface area contributed by atoms with Crippen molar-refractivity contribution in [3.63, 3.8) is 0 Å². The third kappa shape index (κ3) is 4.66. The fraction of sp³-hybridized carbons (Fsp3) is 0.273. The summed E-state index contributed by atoms with van der Waals surface area (Å²) in [7, 11) is 0. The number of nitrogens with zero attached hydrogens (tertiary/aromatic N) is 4. The molecule has 4 rings (SSSR count). The second-order valence-electron chi connectivity index (χ2n) is 7.29. The van der Waals surface area contributed by atoms with Gasteiger partial charge in [-0.25, -0.2) is 14.4 Å². The van der Waals surface area contributed by atoms with Crippen molar-refractivity contribution in [1.82, 2.24) is 15.0 Å². The minimum absolute atomic E-state index is 0.0526. The molecule has 0 bridgehead atoms. The van der Waals surface area contributed by atoms with Gasteiger partial charge < -0.3 is 26.4 Å². The predicted molar refractivity (Wildman–Crippen MR) is 120 cm³/mol. The maximum Gasteiger partial charge on any atom is 0.278 e. The third-order valence-corrected chi connectivity index (χ3v) is 5.16. The number of nitrogens with two attached hydrogens (primary N) is 2. The number of benzene rings is 1. The first-order valence-electron chi connectivity index (χ1n) is 10.3. The summed E-state index contributed by atoms with van der Waals surface area (Å²) < 4.78 is 20.0. The summed E-state index contributed by atoms with van der Waals surface area (Å²) in [4.78, 5) is 27.6. The first-order valence-corrected chi connectivity index (χ1v) is 10.3. The van der Waals surface area contributed by atoms with E-state index in [0.29, 0.717) is 45.0 Å². The van der Waals surface area contributed by atoms with Gasteiger partial charge in [-0.3, -0.25) is 9.78 Å². The molecular formula is C22H24FN7O2. The molecule has 1 aliphatic heterocycles. The highest BCUT2D eigenvalue weighted by atomic mass is 19.1. The van der Waals surface area contributed by atoms with Crippen LogP contribution in [0.5, 0.6) is 0 Å². The smallest absolute Gasteiger partial charge is 0.278 e. The number of rotatable bonds is 6. The molecule has 0 aliphatic carbocycles. The lowest BCUT2D eigenvalue weighted by molar-refractivity contribution is 0.102. The summed E-state index contributed by atoms with van der Waals surface area (Å²) in [5.41, 5.74) is 13.9. The van der Waals surface area contributed by atoms with Crippen LogP contribution in [0.4, 0.5) is 21.6 Å². The molecule has 9 nitrogen and oxygen atoms in total. The van der Waals surface area contributed by atoms with Gasteiger partial charge in [-0.05, 0) is 36.7 Å². The number of carbonyl (C=O) groups is 1. The van der Waals surface area contributed by atoms with E-state index in [9.17, 15) is 9.18 Å². The number of pyridine rings is 1. The number of nitrogen functional groups attached to an aromatic ring is 1. The summed E-state index contributed by atoms with van der Waals surface area (Å²) >= 11 is 0. The molecule has 0 atom stereocenters. The number of halogens is 1. The summed E-state index contributed by atoms with van der Waals surface area (Å²) in [6.07, 6.45) is 5.13. The third-order valence-electron chi connectivity index (χ3n) is 5.16. The first-order chi connectivity index (χ1) is 15.6. The number of nitrogens with one attached hydrogen (secondary N) is 1. The Bertz CT molecular complexity index is 1120. The molecule has 1 aromatic carbocycles. The van der Waals surface area contributed by atoms with Crippen LogP contribution in [0.3, 0.4) is 0 Å². The highest BCUT2D eigenvalue weighted by Gasteiger charge is 2.20. The topological polar surface area (TPSA) is 132 Å². The molecule has 0 radical (unpaired) electrons. The number of anilines is 3. The van der Waals surface area contributed by atoms with Crippen LogP contribution in [0.25, 0.3) is 11.3 Å². The van der Waals surface area contributed by atoms with E-state index in [-0.39, 0.29) is 22.8 Å². The fourth-order valence-corrected chi connectivity index (χ4v) is 3.53. The molecule has 166 valence electrons. The Labute approximate surface area is 184 Å². The van der Waals surface area contributed by atoms with Gasteiger partial charge in [0.25, 0.3) is 5.91 Å². The molecule has 0 spiro atoms. The largest absolute Gasteiger partial charge is 0.382 e. The lowest BCUT2D eigenvalue weighted by Gasteiger charge is -2.30. The van der Waals surface area contributed by atoms with Crippen molar-refractivity contribution < 1.29 is 13.9 Å². The minimum Gasteiger partial charge on any atom is -0.382 e. The second-order valence-corrected chi connectivity index (χ2v) is 7.29. The molecule has 1 saturated heterocycles. The van der Waals surface area contributed by atoms with Gasteiger partial charge in [0.2, 0.25) is 0 Å². The Morgan fingerprint density at radius 3 is 2.78 bits per heavy atom. The van der Waals surface area contributed by atoms with E-state index in [1.54, 1.807) is 24.5 Å². The van der Waals surface area contributed by atoms with Gasteiger partial charge >= 0.3 is 0 Å². The van der Waals surface area contributed by atoms with Crippen LogP contribution in [0.1, 0.15) is 16.1 Å². The molecule has 1 fully saturated rings. The SMILES string of the molecule is NCCc1ccc(-c2cnc(N)c(C(=O)Nc3cnccc3N3CCOCC3)n2)c(F)c1. The van der Waals surface area contributed by atoms with Gasteiger partial charge in [0.1, 0.15) is 5.82 Å². The van der Waals surface area contributed by atoms with Crippen molar-refractivity contribution in [1.29, 1.82) is 0 Å². The highest BCUT2D eigenvalue weighted by Crippen LogP contribution is 2.27.